The lowest BCUT2D eigenvalue weighted by Crippen LogP contribution is -2.42. The van der Waals surface area contributed by atoms with Crippen molar-refractivity contribution in [2.24, 2.45) is 11.8 Å². The third-order valence-electron chi connectivity index (χ3n) is 7.12. The summed E-state index contributed by atoms with van der Waals surface area (Å²) in [7, 11) is 0. The lowest BCUT2D eigenvalue weighted by atomic mass is 9.73. The molecule has 4 atom stereocenters. The first-order valence-electron chi connectivity index (χ1n) is 10.5. The first-order chi connectivity index (χ1) is 12.2. The van der Waals surface area contributed by atoms with Crippen molar-refractivity contribution in [3.63, 3.8) is 0 Å². The third-order valence-corrected chi connectivity index (χ3v) is 7.12. The van der Waals surface area contributed by atoms with E-state index in [2.05, 4.69) is 10.2 Å². The number of fused-ring (bicyclic) bond motifs is 1. The molecular weight excluding hydrogens is 316 g/mol. The first kappa shape index (κ1) is 17.7. The summed E-state index contributed by atoms with van der Waals surface area (Å²) in [6.07, 6.45) is 11.1. The molecule has 25 heavy (non-hydrogen) atoms. The summed E-state index contributed by atoms with van der Waals surface area (Å²) in [5.74, 6) is 1.09. The highest BCUT2D eigenvalue weighted by Crippen LogP contribution is 2.55. The largest absolute Gasteiger partial charge is 0.372 e. The van der Waals surface area contributed by atoms with Crippen LogP contribution in [0.3, 0.4) is 0 Å². The predicted molar refractivity (Wildman–Crippen MR) is 96.4 cm³/mol. The van der Waals surface area contributed by atoms with Crippen molar-refractivity contribution in [1.29, 1.82) is 0 Å². The second-order valence-corrected chi connectivity index (χ2v) is 8.55. The van der Waals surface area contributed by atoms with E-state index in [1.165, 1.54) is 57.9 Å². The summed E-state index contributed by atoms with van der Waals surface area (Å²) in [6.45, 7) is 5.74. The summed E-state index contributed by atoms with van der Waals surface area (Å²) in [5.41, 5.74) is 0.0896. The fourth-order valence-electron chi connectivity index (χ4n) is 5.88. The highest BCUT2D eigenvalue weighted by atomic mass is 16.5. The molecule has 1 saturated carbocycles. The van der Waals surface area contributed by atoms with E-state index in [-0.39, 0.29) is 18.1 Å². The van der Waals surface area contributed by atoms with Gasteiger partial charge in [-0.3, -0.25) is 9.69 Å². The Bertz CT molecular complexity index is 478. The van der Waals surface area contributed by atoms with Gasteiger partial charge in [-0.25, -0.2) is 0 Å². The number of carbonyl (C=O) groups excluding carboxylic acids is 1. The molecular formula is C20H34N2O3. The fraction of sp³-hybridized carbons (Fsp3) is 0.950. The standard InChI is InChI=1S/C20H34N2O3/c1-2-24-13-19(23)21-11-16-17-12-22(15-7-5-3-4-6-8-15)14-20(17)10-9-18(16)25-20/h15-18H,2-14H2,1H3,(H,21,23)/t16-,17+,18+,20+/m0/s1. The summed E-state index contributed by atoms with van der Waals surface area (Å²) in [4.78, 5) is 14.7. The molecule has 4 fully saturated rings. The van der Waals surface area contributed by atoms with E-state index in [0.717, 1.165) is 19.1 Å². The predicted octanol–water partition coefficient (Wildman–Crippen LogP) is 2.34. The second kappa shape index (κ2) is 7.53. The summed E-state index contributed by atoms with van der Waals surface area (Å²) in [6, 6.07) is 0.762. The smallest absolute Gasteiger partial charge is 0.246 e. The van der Waals surface area contributed by atoms with Gasteiger partial charge in [0, 0.05) is 44.1 Å². The average Bonchev–Trinajstić information content (AvgIpc) is 3.19. The zero-order valence-electron chi connectivity index (χ0n) is 15.7. The van der Waals surface area contributed by atoms with Crippen molar-refractivity contribution < 1.29 is 14.3 Å². The molecule has 0 unspecified atom stereocenters. The second-order valence-electron chi connectivity index (χ2n) is 8.55. The van der Waals surface area contributed by atoms with E-state index in [1.807, 2.05) is 6.92 Å². The molecule has 5 nitrogen and oxygen atoms in total. The van der Waals surface area contributed by atoms with Gasteiger partial charge in [0.15, 0.2) is 0 Å². The van der Waals surface area contributed by atoms with Gasteiger partial charge in [0.1, 0.15) is 6.61 Å². The van der Waals surface area contributed by atoms with Crippen molar-refractivity contribution in [2.45, 2.75) is 76.0 Å². The number of nitrogens with zero attached hydrogens (tertiary/aromatic N) is 1. The Labute approximate surface area is 151 Å². The quantitative estimate of drug-likeness (QED) is 0.747. The van der Waals surface area contributed by atoms with Crippen molar-refractivity contribution in [3.8, 4) is 0 Å². The van der Waals surface area contributed by atoms with Gasteiger partial charge in [0.25, 0.3) is 0 Å². The average molecular weight is 351 g/mol. The molecule has 0 aromatic rings. The molecule has 0 aromatic heterocycles. The van der Waals surface area contributed by atoms with Gasteiger partial charge in [-0.15, -0.1) is 0 Å². The molecule has 142 valence electrons. The Morgan fingerprint density at radius 1 is 1.24 bits per heavy atom. The first-order valence-corrected chi connectivity index (χ1v) is 10.5. The number of carbonyl (C=O) groups is 1. The number of likely N-dealkylation sites (tertiary alicyclic amines) is 1. The zero-order chi connectivity index (χ0) is 17.3. The Kier molecular flexibility index (Phi) is 5.35. The maximum Gasteiger partial charge on any atom is 0.246 e. The van der Waals surface area contributed by atoms with Crippen LogP contribution in [0.25, 0.3) is 0 Å². The molecule has 1 aliphatic carbocycles. The number of ether oxygens (including phenoxy) is 2. The molecule has 1 N–H and O–H groups in total. The number of nitrogens with one attached hydrogen (secondary N) is 1. The number of hydrogen-bond donors (Lipinski definition) is 1. The van der Waals surface area contributed by atoms with Crippen molar-refractivity contribution >= 4 is 5.91 Å². The minimum Gasteiger partial charge on any atom is -0.372 e. The molecule has 0 radical (unpaired) electrons. The van der Waals surface area contributed by atoms with Crippen LogP contribution < -0.4 is 5.32 Å². The van der Waals surface area contributed by atoms with Gasteiger partial charge in [0.2, 0.25) is 5.91 Å². The molecule has 1 spiro atoms. The Morgan fingerprint density at radius 2 is 2.04 bits per heavy atom. The van der Waals surface area contributed by atoms with Gasteiger partial charge in [0.05, 0.1) is 11.7 Å². The molecule has 4 rings (SSSR count). The normalized spacial score (nSPS) is 38.7. The lowest BCUT2D eigenvalue weighted by Gasteiger charge is -2.29. The maximum absolute atomic E-state index is 11.9. The van der Waals surface area contributed by atoms with Gasteiger partial charge in [-0.2, -0.15) is 0 Å². The lowest BCUT2D eigenvalue weighted by molar-refractivity contribution is -0.125. The van der Waals surface area contributed by atoms with Crippen LogP contribution in [0, 0.1) is 11.8 Å². The number of amides is 1. The molecule has 3 saturated heterocycles. The minimum atomic E-state index is 0.0114. The summed E-state index contributed by atoms with van der Waals surface area (Å²) >= 11 is 0. The molecule has 1 amide bonds. The third kappa shape index (κ3) is 3.47. The van der Waals surface area contributed by atoms with E-state index in [0.29, 0.717) is 24.5 Å². The van der Waals surface area contributed by atoms with Gasteiger partial charge in [-0.05, 0) is 32.6 Å². The van der Waals surface area contributed by atoms with E-state index in [9.17, 15) is 4.79 Å². The Hall–Kier alpha value is -0.650. The summed E-state index contributed by atoms with van der Waals surface area (Å²) < 4.78 is 11.8. The van der Waals surface area contributed by atoms with Crippen LogP contribution in [-0.2, 0) is 14.3 Å². The number of hydrogen-bond acceptors (Lipinski definition) is 4. The zero-order valence-corrected chi connectivity index (χ0v) is 15.7. The van der Waals surface area contributed by atoms with E-state index < -0.39 is 0 Å². The van der Waals surface area contributed by atoms with Crippen molar-refractivity contribution in [3.05, 3.63) is 0 Å². The topological polar surface area (TPSA) is 50.8 Å². The van der Waals surface area contributed by atoms with Crippen molar-refractivity contribution in [1.82, 2.24) is 10.2 Å². The summed E-state index contributed by atoms with van der Waals surface area (Å²) in [5, 5.41) is 3.10. The van der Waals surface area contributed by atoms with Gasteiger partial charge in [-0.1, -0.05) is 25.7 Å². The van der Waals surface area contributed by atoms with Gasteiger partial charge < -0.3 is 14.8 Å². The fourth-order valence-corrected chi connectivity index (χ4v) is 5.88. The maximum atomic E-state index is 11.9. The van der Waals surface area contributed by atoms with E-state index in [1.54, 1.807) is 0 Å². The van der Waals surface area contributed by atoms with Crippen molar-refractivity contribution in [2.75, 3.05) is 32.8 Å². The Morgan fingerprint density at radius 3 is 2.80 bits per heavy atom. The van der Waals surface area contributed by atoms with Crippen LogP contribution in [0.1, 0.15) is 58.3 Å². The molecule has 3 heterocycles. The van der Waals surface area contributed by atoms with Crippen LogP contribution >= 0.6 is 0 Å². The van der Waals surface area contributed by atoms with Crippen LogP contribution in [0.5, 0.6) is 0 Å². The van der Waals surface area contributed by atoms with Gasteiger partial charge >= 0.3 is 0 Å². The Balaban J connectivity index is 1.36. The molecule has 4 aliphatic rings. The van der Waals surface area contributed by atoms with E-state index in [4.69, 9.17) is 9.47 Å². The SMILES string of the molecule is CCOCC(=O)NC[C@H]1[C@H]2CN(C3CCCCCC3)C[C@]23CC[C@H]1O3. The molecule has 2 bridgehead atoms. The molecule has 3 aliphatic heterocycles. The minimum absolute atomic E-state index is 0.0114. The van der Waals surface area contributed by atoms with Crippen LogP contribution in [0.15, 0.2) is 0 Å². The highest BCUT2D eigenvalue weighted by Gasteiger charge is 2.63. The van der Waals surface area contributed by atoms with Crippen LogP contribution in [-0.4, -0.2) is 61.4 Å². The number of rotatable bonds is 6. The van der Waals surface area contributed by atoms with Crippen LogP contribution in [0.4, 0.5) is 0 Å². The molecule has 5 heteroatoms. The highest BCUT2D eigenvalue weighted by molar-refractivity contribution is 5.77. The van der Waals surface area contributed by atoms with E-state index >= 15 is 0 Å². The van der Waals surface area contributed by atoms with Crippen LogP contribution in [0.2, 0.25) is 0 Å². The monoisotopic (exact) mass is 350 g/mol. The molecule has 0 aromatic carbocycles.